The van der Waals surface area contributed by atoms with Crippen LogP contribution in [0.15, 0.2) is 35.7 Å². The lowest BCUT2D eigenvalue weighted by Gasteiger charge is -2.52. The number of alkyl halides is 1. The van der Waals surface area contributed by atoms with Gasteiger partial charge in [-0.3, -0.25) is 9.36 Å². The fraction of sp³-hybridized carbons (Fsp3) is 0.714. The molecule has 0 radical (unpaired) electrons. The molecule has 5 aliphatic rings. The molecule has 8 heteroatoms. The summed E-state index contributed by atoms with van der Waals surface area (Å²) < 4.78 is 33.7. The highest BCUT2D eigenvalue weighted by molar-refractivity contribution is 5.95. The molecule has 7 nitrogen and oxygen atoms in total. The zero-order valence-corrected chi connectivity index (χ0v) is 22.0. The first-order chi connectivity index (χ1) is 16.9. The molecule has 1 aromatic rings. The van der Waals surface area contributed by atoms with E-state index >= 15 is 0 Å². The second-order valence-electron chi connectivity index (χ2n) is 12.6. The monoisotopic (exact) mass is 500 g/mol. The summed E-state index contributed by atoms with van der Waals surface area (Å²) in [5, 5.41) is 13.0. The van der Waals surface area contributed by atoms with E-state index in [0.29, 0.717) is 5.92 Å². The summed E-state index contributed by atoms with van der Waals surface area (Å²) in [4.78, 5) is 19.0. The molecule has 1 aromatic heterocycles. The number of rotatable bonds is 4. The fourth-order valence-corrected chi connectivity index (χ4v) is 8.08. The van der Waals surface area contributed by atoms with E-state index in [1.165, 1.54) is 0 Å². The highest BCUT2D eigenvalue weighted by Crippen LogP contribution is 2.72. The van der Waals surface area contributed by atoms with Crippen LogP contribution in [-0.2, 0) is 20.8 Å². The van der Waals surface area contributed by atoms with Gasteiger partial charge in [0.05, 0.1) is 18.6 Å². The second-order valence-corrected chi connectivity index (χ2v) is 12.6. The first kappa shape index (κ1) is 24.3. The van der Waals surface area contributed by atoms with Crippen molar-refractivity contribution in [2.75, 3.05) is 13.3 Å². The molecule has 36 heavy (non-hydrogen) atoms. The molecule has 8 atom stereocenters. The van der Waals surface area contributed by atoms with Crippen LogP contribution in [0.5, 0.6) is 6.01 Å². The van der Waals surface area contributed by atoms with Gasteiger partial charge in [0.25, 0.3) is 6.01 Å². The Hall–Kier alpha value is -2.03. The maximum Gasteiger partial charge on any atom is 0.297 e. The predicted octanol–water partition coefficient (Wildman–Crippen LogP) is 3.87. The largest absolute Gasteiger partial charge is 0.454 e. The first-order valence-electron chi connectivity index (χ1n) is 13.1. The Labute approximate surface area is 211 Å². The number of halogens is 1. The summed E-state index contributed by atoms with van der Waals surface area (Å²) >= 11 is 0. The van der Waals surface area contributed by atoms with Gasteiger partial charge in [-0.2, -0.15) is 0 Å². The number of allylic oxidation sites excluding steroid dienone is 1. The number of carbonyl (C=O) groups excluding carboxylic acids is 1. The molecule has 1 spiro atoms. The average Bonchev–Trinajstić information content (AvgIpc) is 3.06. The number of aliphatic hydroxyl groups is 1. The Kier molecular flexibility index (Phi) is 5.07. The minimum Gasteiger partial charge on any atom is -0.454 e. The molecule has 1 aliphatic heterocycles. The van der Waals surface area contributed by atoms with Gasteiger partial charge in [-0.1, -0.05) is 32.9 Å². The minimum absolute atomic E-state index is 0.0384. The molecule has 2 heterocycles. The molecule has 4 aliphatic carbocycles. The van der Waals surface area contributed by atoms with E-state index < -0.39 is 35.7 Å². The number of ether oxygens (including phenoxy) is 3. The number of Topliss-reactive ketones (excluding diaryl/α,β-unsaturated/α-hetero) is 1. The Balaban J connectivity index is 1.54. The summed E-state index contributed by atoms with van der Waals surface area (Å²) in [6.07, 6.45) is 6.34. The predicted molar refractivity (Wildman–Crippen MR) is 130 cm³/mol. The molecular weight excluding hydrogens is 463 g/mol. The standard InChI is InChI=1S/C28H37FN2O5/c1-15-13-27-16(2)11-19-20(25(19,3)4)18(21(27)32)12-17-14-34-26(5,6)36-23(17)28(27,33)22(15)35-24-30-8-10-31(24)9-7-29/h8,10,12-13,16,18-20,22-23,33H,7,9,11,14H2,1-6H3/t16-,18+,19-,20+,22+,23-,27+,28-/m1/s1. The van der Waals surface area contributed by atoms with E-state index in [-0.39, 0.29) is 48.1 Å². The van der Waals surface area contributed by atoms with Crippen LogP contribution < -0.4 is 4.74 Å². The molecule has 2 saturated carbocycles. The molecule has 3 fully saturated rings. The van der Waals surface area contributed by atoms with Crippen molar-refractivity contribution in [1.29, 1.82) is 0 Å². The number of hydrogen-bond donors (Lipinski definition) is 1. The van der Waals surface area contributed by atoms with Gasteiger partial charge in [0.15, 0.2) is 23.3 Å². The number of aromatic nitrogens is 2. The lowest BCUT2D eigenvalue weighted by molar-refractivity contribution is -0.301. The molecule has 1 saturated heterocycles. The molecule has 196 valence electrons. The van der Waals surface area contributed by atoms with E-state index in [1.807, 2.05) is 32.9 Å². The quantitative estimate of drug-likeness (QED) is 0.632. The molecule has 6 rings (SSSR count). The van der Waals surface area contributed by atoms with Gasteiger partial charge >= 0.3 is 0 Å². The molecule has 1 N–H and O–H groups in total. The molecule has 0 amide bonds. The van der Waals surface area contributed by atoms with Crippen molar-refractivity contribution < 1.29 is 28.5 Å². The van der Waals surface area contributed by atoms with Crippen LogP contribution in [-0.4, -0.2) is 57.3 Å². The number of fused-ring (bicyclic) bond motifs is 5. The molecule has 2 bridgehead atoms. The topological polar surface area (TPSA) is 82.8 Å². The van der Waals surface area contributed by atoms with Gasteiger partial charge in [-0.05, 0) is 61.5 Å². The smallest absolute Gasteiger partial charge is 0.297 e. The number of imidazole rings is 1. The van der Waals surface area contributed by atoms with Gasteiger partial charge in [-0.15, -0.1) is 0 Å². The van der Waals surface area contributed by atoms with Crippen molar-refractivity contribution in [3.8, 4) is 6.01 Å². The maximum absolute atomic E-state index is 14.7. The van der Waals surface area contributed by atoms with Crippen LogP contribution in [0, 0.1) is 34.5 Å². The number of aryl methyl sites for hydroxylation is 1. The number of carbonyl (C=O) groups is 1. The highest BCUT2D eigenvalue weighted by atomic mass is 19.1. The summed E-state index contributed by atoms with van der Waals surface area (Å²) in [7, 11) is 0. The van der Waals surface area contributed by atoms with Crippen molar-refractivity contribution >= 4 is 5.78 Å². The van der Waals surface area contributed by atoms with Gasteiger partial charge in [-0.25, -0.2) is 9.37 Å². The van der Waals surface area contributed by atoms with Crippen LogP contribution in [0.2, 0.25) is 0 Å². The molecule has 0 unspecified atom stereocenters. The normalized spacial score (nSPS) is 43.8. The third-order valence-corrected chi connectivity index (χ3v) is 9.90. The lowest BCUT2D eigenvalue weighted by Crippen LogP contribution is -2.68. The van der Waals surface area contributed by atoms with Crippen LogP contribution in [0.3, 0.4) is 0 Å². The number of hydrogen-bond acceptors (Lipinski definition) is 6. The maximum atomic E-state index is 14.7. The van der Waals surface area contributed by atoms with E-state index in [2.05, 4.69) is 25.8 Å². The molecule has 0 aromatic carbocycles. The van der Waals surface area contributed by atoms with Crippen molar-refractivity contribution in [2.45, 2.75) is 78.1 Å². The SMILES string of the molecule is CC1=C[C@]23C(=O)[C@@H](C=C4COC(C)(C)O[C@H]4[C@]2(O)[C@H]1Oc1nccn1CCF)[C@H]1[C@@H](C[C@H]3C)C1(C)C. The van der Waals surface area contributed by atoms with Crippen molar-refractivity contribution in [3.63, 3.8) is 0 Å². The zero-order valence-electron chi connectivity index (χ0n) is 22.0. The molecular formula is C28H37FN2O5. The van der Waals surface area contributed by atoms with Crippen LogP contribution >= 0.6 is 0 Å². The highest BCUT2D eigenvalue weighted by Gasteiger charge is 2.77. The Morgan fingerprint density at radius 1 is 1.31 bits per heavy atom. The lowest BCUT2D eigenvalue weighted by atomic mass is 9.59. The van der Waals surface area contributed by atoms with Gasteiger partial charge < -0.3 is 19.3 Å². The average molecular weight is 501 g/mol. The van der Waals surface area contributed by atoms with Crippen molar-refractivity contribution in [2.24, 2.45) is 34.5 Å². The number of nitrogens with zero attached hydrogens (tertiary/aromatic N) is 2. The Morgan fingerprint density at radius 2 is 2.06 bits per heavy atom. The van der Waals surface area contributed by atoms with Crippen molar-refractivity contribution in [1.82, 2.24) is 9.55 Å². The third-order valence-electron chi connectivity index (χ3n) is 9.90. The Bertz CT molecular complexity index is 1170. The summed E-state index contributed by atoms with van der Waals surface area (Å²) in [6.45, 7) is 11.9. The van der Waals surface area contributed by atoms with Gasteiger partial charge in [0, 0.05) is 18.3 Å². The van der Waals surface area contributed by atoms with Crippen molar-refractivity contribution in [3.05, 3.63) is 35.7 Å². The van der Waals surface area contributed by atoms with Gasteiger partial charge in [0.2, 0.25) is 0 Å². The van der Waals surface area contributed by atoms with Crippen LogP contribution in [0.1, 0.15) is 48.0 Å². The van der Waals surface area contributed by atoms with Gasteiger partial charge in [0.1, 0.15) is 12.8 Å². The van der Waals surface area contributed by atoms with Crippen LogP contribution in [0.25, 0.3) is 0 Å². The second kappa shape index (κ2) is 7.51. The Morgan fingerprint density at radius 3 is 2.78 bits per heavy atom. The number of ketones is 1. The van der Waals surface area contributed by atoms with E-state index in [9.17, 15) is 14.3 Å². The van der Waals surface area contributed by atoms with Crippen LogP contribution in [0.4, 0.5) is 4.39 Å². The summed E-state index contributed by atoms with van der Waals surface area (Å²) in [5.41, 5.74) is -1.30. The van der Waals surface area contributed by atoms with E-state index in [0.717, 1.165) is 17.6 Å². The summed E-state index contributed by atoms with van der Waals surface area (Å²) in [6, 6.07) is 0.214. The van der Waals surface area contributed by atoms with E-state index in [1.54, 1.807) is 17.0 Å². The minimum atomic E-state index is -1.72. The van der Waals surface area contributed by atoms with E-state index in [4.69, 9.17) is 14.2 Å². The third kappa shape index (κ3) is 2.95. The summed E-state index contributed by atoms with van der Waals surface area (Å²) in [5.74, 6) is -0.755. The fourth-order valence-electron chi connectivity index (χ4n) is 8.08. The zero-order chi connectivity index (χ0) is 25.8. The first-order valence-corrected chi connectivity index (χ1v) is 13.1.